The van der Waals surface area contributed by atoms with Crippen LogP contribution in [0.3, 0.4) is 0 Å². The third-order valence-electron chi connectivity index (χ3n) is 2.26. The molecular weight excluding hydrogens is 256 g/mol. The molecule has 1 aromatic heterocycles. The molecule has 2 amide bonds. The first kappa shape index (κ1) is 14.9. The third kappa shape index (κ3) is 5.82. The first-order valence-corrected chi connectivity index (χ1v) is 5.65. The van der Waals surface area contributed by atoms with Crippen LogP contribution >= 0.6 is 0 Å². The molecule has 0 saturated carbocycles. The average molecular weight is 272 g/mol. The molecular formula is C10H16N4O5. The molecule has 0 spiro atoms. The number of urea groups is 1. The van der Waals surface area contributed by atoms with Crippen LogP contribution in [-0.2, 0) is 16.1 Å². The van der Waals surface area contributed by atoms with Crippen LogP contribution in [0.15, 0.2) is 10.9 Å². The van der Waals surface area contributed by atoms with Gasteiger partial charge in [0, 0.05) is 13.7 Å². The summed E-state index contributed by atoms with van der Waals surface area (Å²) < 4.78 is 9.32. The molecule has 106 valence electrons. The Morgan fingerprint density at radius 1 is 1.58 bits per heavy atom. The number of aromatic nitrogens is 2. The third-order valence-corrected chi connectivity index (χ3v) is 2.26. The van der Waals surface area contributed by atoms with Crippen molar-refractivity contribution in [2.45, 2.75) is 25.4 Å². The van der Waals surface area contributed by atoms with Crippen molar-refractivity contribution in [3.63, 3.8) is 0 Å². The Morgan fingerprint density at radius 2 is 2.37 bits per heavy atom. The minimum atomic E-state index is -1.09. The maximum absolute atomic E-state index is 11.5. The number of nitrogens with one attached hydrogen (secondary N) is 2. The molecule has 19 heavy (non-hydrogen) atoms. The van der Waals surface area contributed by atoms with Gasteiger partial charge < -0.3 is 25.0 Å². The minimum Gasteiger partial charge on any atom is -0.480 e. The number of aliphatic carboxylic acids is 1. The summed E-state index contributed by atoms with van der Waals surface area (Å²) in [5.74, 6) is -0.785. The SMILES string of the molecule is COCCCC(NC(=O)NCc1ncon1)C(=O)O. The van der Waals surface area contributed by atoms with Gasteiger partial charge in [-0.2, -0.15) is 4.98 Å². The van der Waals surface area contributed by atoms with Crippen LogP contribution in [0.4, 0.5) is 4.79 Å². The summed E-state index contributed by atoms with van der Waals surface area (Å²) >= 11 is 0. The summed E-state index contributed by atoms with van der Waals surface area (Å²) in [7, 11) is 1.53. The zero-order valence-corrected chi connectivity index (χ0v) is 10.5. The summed E-state index contributed by atoms with van der Waals surface area (Å²) in [6.45, 7) is 0.503. The van der Waals surface area contributed by atoms with Gasteiger partial charge in [0.05, 0.1) is 6.54 Å². The largest absolute Gasteiger partial charge is 0.480 e. The number of ether oxygens (including phenoxy) is 1. The van der Waals surface area contributed by atoms with Crippen molar-refractivity contribution in [3.8, 4) is 0 Å². The molecule has 0 aliphatic carbocycles. The summed E-state index contributed by atoms with van der Waals surface area (Å²) in [4.78, 5) is 26.1. The smallest absolute Gasteiger partial charge is 0.326 e. The van der Waals surface area contributed by atoms with Gasteiger partial charge >= 0.3 is 12.0 Å². The summed E-state index contributed by atoms with van der Waals surface area (Å²) in [5.41, 5.74) is 0. The minimum absolute atomic E-state index is 0.0622. The Morgan fingerprint density at radius 3 is 2.95 bits per heavy atom. The average Bonchev–Trinajstić information content (AvgIpc) is 2.88. The zero-order chi connectivity index (χ0) is 14.1. The van der Waals surface area contributed by atoms with Gasteiger partial charge in [0.25, 0.3) is 0 Å². The number of methoxy groups -OCH3 is 1. The number of nitrogens with zero attached hydrogens (tertiary/aromatic N) is 2. The summed E-state index contributed by atoms with van der Waals surface area (Å²) in [6.07, 6.45) is 1.97. The number of hydrogen-bond acceptors (Lipinski definition) is 6. The Balaban J connectivity index is 2.32. The molecule has 0 aromatic carbocycles. The molecule has 1 heterocycles. The van der Waals surface area contributed by atoms with Crippen molar-refractivity contribution < 1.29 is 24.0 Å². The fraction of sp³-hybridized carbons (Fsp3) is 0.600. The van der Waals surface area contributed by atoms with E-state index in [1.165, 1.54) is 7.11 Å². The van der Waals surface area contributed by atoms with Crippen molar-refractivity contribution in [2.24, 2.45) is 0 Å². The molecule has 1 rings (SSSR count). The number of carbonyl (C=O) groups excluding carboxylic acids is 1. The quantitative estimate of drug-likeness (QED) is 0.557. The Bertz CT molecular complexity index is 395. The van der Waals surface area contributed by atoms with Crippen LogP contribution < -0.4 is 10.6 Å². The van der Waals surface area contributed by atoms with Crippen LogP contribution in [-0.4, -0.2) is 47.0 Å². The van der Waals surface area contributed by atoms with Crippen molar-refractivity contribution in [1.29, 1.82) is 0 Å². The predicted molar refractivity (Wildman–Crippen MR) is 62.2 cm³/mol. The van der Waals surface area contributed by atoms with Gasteiger partial charge in [-0.3, -0.25) is 0 Å². The predicted octanol–water partition coefficient (Wildman–Crippen LogP) is -0.251. The van der Waals surface area contributed by atoms with Crippen molar-refractivity contribution >= 4 is 12.0 Å². The molecule has 0 saturated heterocycles. The lowest BCUT2D eigenvalue weighted by Gasteiger charge is -2.14. The second kappa shape index (κ2) is 8.03. The van der Waals surface area contributed by atoms with E-state index in [1.807, 2.05) is 0 Å². The Labute approximate surface area is 109 Å². The van der Waals surface area contributed by atoms with E-state index in [2.05, 4.69) is 25.3 Å². The van der Waals surface area contributed by atoms with Gasteiger partial charge in [0.1, 0.15) is 6.04 Å². The molecule has 0 radical (unpaired) electrons. The highest BCUT2D eigenvalue weighted by atomic mass is 16.5. The van der Waals surface area contributed by atoms with E-state index in [-0.39, 0.29) is 6.54 Å². The lowest BCUT2D eigenvalue weighted by atomic mass is 10.1. The molecule has 9 nitrogen and oxygen atoms in total. The molecule has 0 bridgehead atoms. The van der Waals surface area contributed by atoms with Crippen molar-refractivity contribution in [2.75, 3.05) is 13.7 Å². The monoisotopic (exact) mass is 272 g/mol. The Hall–Kier alpha value is -2.16. The molecule has 1 unspecified atom stereocenters. The number of hydrogen-bond donors (Lipinski definition) is 3. The van der Waals surface area contributed by atoms with Gasteiger partial charge in [0.2, 0.25) is 6.39 Å². The van der Waals surface area contributed by atoms with Gasteiger partial charge in [0.15, 0.2) is 5.82 Å². The number of rotatable bonds is 8. The lowest BCUT2D eigenvalue weighted by Crippen LogP contribution is -2.45. The molecule has 1 aromatic rings. The second-order valence-electron chi connectivity index (χ2n) is 3.70. The zero-order valence-electron chi connectivity index (χ0n) is 10.5. The summed E-state index contributed by atoms with van der Waals surface area (Å²) in [5, 5.41) is 17.2. The van der Waals surface area contributed by atoms with E-state index >= 15 is 0 Å². The number of amides is 2. The molecule has 9 heteroatoms. The number of carboxylic acid groups (broad SMARTS) is 1. The first-order valence-electron chi connectivity index (χ1n) is 5.65. The summed E-state index contributed by atoms with van der Waals surface area (Å²) in [6, 6.07) is -1.56. The first-order chi connectivity index (χ1) is 9.13. The normalized spacial score (nSPS) is 11.8. The highest BCUT2D eigenvalue weighted by Crippen LogP contribution is 1.98. The van der Waals surface area contributed by atoms with Gasteiger partial charge in [-0.15, -0.1) is 0 Å². The highest BCUT2D eigenvalue weighted by Gasteiger charge is 2.19. The van der Waals surface area contributed by atoms with Gasteiger partial charge in [-0.1, -0.05) is 5.16 Å². The van der Waals surface area contributed by atoms with Crippen LogP contribution in [0, 0.1) is 0 Å². The van der Waals surface area contributed by atoms with E-state index in [0.29, 0.717) is 25.3 Å². The van der Waals surface area contributed by atoms with E-state index in [4.69, 9.17) is 9.84 Å². The van der Waals surface area contributed by atoms with Crippen LogP contribution in [0.5, 0.6) is 0 Å². The molecule has 3 N–H and O–H groups in total. The molecule has 1 atom stereocenters. The van der Waals surface area contributed by atoms with Crippen LogP contribution in [0.2, 0.25) is 0 Å². The lowest BCUT2D eigenvalue weighted by molar-refractivity contribution is -0.139. The van der Waals surface area contributed by atoms with Gasteiger partial charge in [-0.05, 0) is 12.8 Å². The van der Waals surface area contributed by atoms with Gasteiger partial charge in [-0.25, -0.2) is 9.59 Å². The standard InChI is InChI=1S/C10H16N4O5/c1-18-4-2-3-7(9(15)16)13-10(17)11-5-8-12-6-19-14-8/h6-7H,2-5H2,1H3,(H,15,16)(H2,11,13,17). The molecule has 0 fully saturated rings. The maximum Gasteiger partial charge on any atom is 0.326 e. The van der Waals surface area contributed by atoms with E-state index < -0.39 is 18.0 Å². The maximum atomic E-state index is 11.5. The fourth-order valence-corrected chi connectivity index (χ4v) is 1.33. The van der Waals surface area contributed by atoms with Crippen molar-refractivity contribution in [3.05, 3.63) is 12.2 Å². The fourth-order valence-electron chi connectivity index (χ4n) is 1.33. The van der Waals surface area contributed by atoms with Crippen LogP contribution in [0.25, 0.3) is 0 Å². The topological polar surface area (TPSA) is 127 Å². The number of carboxylic acids is 1. The van der Waals surface area contributed by atoms with Crippen molar-refractivity contribution in [1.82, 2.24) is 20.8 Å². The highest BCUT2D eigenvalue weighted by molar-refractivity contribution is 5.82. The second-order valence-corrected chi connectivity index (χ2v) is 3.70. The number of carbonyl (C=O) groups is 2. The van der Waals surface area contributed by atoms with Crippen LogP contribution in [0.1, 0.15) is 18.7 Å². The Kier molecular flexibility index (Phi) is 6.30. The van der Waals surface area contributed by atoms with E-state index in [0.717, 1.165) is 6.39 Å². The van der Waals surface area contributed by atoms with E-state index in [1.54, 1.807) is 0 Å². The van der Waals surface area contributed by atoms with E-state index in [9.17, 15) is 9.59 Å². The molecule has 0 aliphatic heterocycles. The molecule has 0 aliphatic rings.